The van der Waals surface area contributed by atoms with Gasteiger partial charge in [0.15, 0.2) is 0 Å². The van der Waals surface area contributed by atoms with Crippen LogP contribution in [-0.2, 0) is 11.2 Å². The van der Waals surface area contributed by atoms with Gasteiger partial charge in [-0.15, -0.1) is 16.9 Å². The smallest absolute Gasteiger partial charge is 0.269 e. The third kappa shape index (κ3) is 2.91. The highest BCUT2D eigenvalue weighted by atomic mass is 32.2. The molecule has 0 fully saturated rings. The van der Waals surface area contributed by atoms with E-state index in [1.54, 1.807) is 6.07 Å². The molecule has 0 saturated heterocycles. The summed E-state index contributed by atoms with van der Waals surface area (Å²) >= 11 is 2.57. The van der Waals surface area contributed by atoms with E-state index in [2.05, 4.69) is 20.2 Å². The number of carbonyl (C=O) groups excluding carboxylic acids is 2. The van der Waals surface area contributed by atoms with Gasteiger partial charge in [-0.25, -0.2) is 0 Å². The number of aryl methyl sites for hydroxylation is 1. The number of benzene rings is 1. The molecule has 1 aromatic heterocycles. The first-order chi connectivity index (χ1) is 10.2. The second kappa shape index (κ2) is 5.82. The fourth-order valence-corrected chi connectivity index (χ4v) is 3.40. The van der Waals surface area contributed by atoms with Crippen molar-refractivity contribution in [3.05, 3.63) is 28.8 Å². The van der Waals surface area contributed by atoms with Crippen LogP contribution in [0.1, 0.15) is 22.3 Å². The molecule has 3 rings (SSSR count). The maximum Gasteiger partial charge on any atom is 0.269 e. The summed E-state index contributed by atoms with van der Waals surface area (Å²) in [4.78, 5) is 25.1. The minimum Gasteiger partial charge on any atom is -0.324 e. The van der Waals surface area contributed by atoms with Gasteiger partial charge in [-0.2, -0.15) is 0 Å². The lowest BCUT2D eigenvalue weighted by molar-refractivity contribution is -0.113. The highest BCUT2D eigenvalue weighted by molar-refractivity contribution is 8.00. The topological polar surface area (TPSA) is 84.0 Å². The number of fused-ring (bicyclic) bond motifs is 1. The van der Waals surface area contributed by atoms with E-state index in [0.29, 0.717) is 28.4 Å². The number of thioether (sulfide) groups is 1. The summed E-state index contributed by atoms with van der Waals surface area (Å²) in [5.74, 6) is 0.165. The number of aromatic nitrogens is 2. The van der Waals surface area contributed by atoms with Gasteiger partial charge in [0.1, 0.15) is 4.88 Å². The molecule has 6 nitrogen and oxygen atoms in total. The van der Waals surface area contributed by atoms with Crippen molar-refractivity contribution in [2.45, 2.75) is 18.2 Å². The average Bonchev–Trinajstić information content (AvgIpc) is 2.95. The Hall–Kier alpha value is -1.93. The van der Waals surface area contributed by atoms with Crippen LogP contribution >= 0.6 is 23.3 Å². The second-order valence-electron chi connectivity index (χ2n) is 4.40. The first kappa shape index (κ1) is 14.0. The largest absolute Gasteiger partial charge is 0.324 e. The number of rotatable bonds is 3. The van der Waals surface area contributed by atoms with E-state index >= 15 is 0 Å². The quantitative estimate of drug-likeness (QED) is 0.907. The van der Waals surface area contributed by atoms with E-state index in [9.17, 15) is 9.59 Å². The molecule has 1 aliphatic rings. The third-order valence-corrected chi connectivity index (χ3v) is 4.81. The lowest BCUT2D eigenvalue weighted by Gasteiger charge is -2.17. The maximum atomic E-state index is 12.2. The number of hydrogen-bond donors (Lipinski definition) is 2. The zero-order valence-corrected chi connectivity index (χ0v) is 12.8. The van der Waals surface area contributed by atoms with Crippen molar-refractivity contribution in [2.75, 3.05) is 16.4 Å². The Balaban J connectivity index is 1.81. The minimum atomic E-state index is -0.225. The van der Waals surface area contributed by atoms with Gasteiger partial charge in [0.05, 0.1) is 17.1 Å². The van der Waals surface area contributed by atoms with Crippen molar-refractivity contribution in [3.8, 4) is 0 Å². The van der Waals surface area contributed by atoms with Crippen LogP contribution in [-0.4, -0.2) is 27.2 Å². The van der Waals surface area contributed by atoms with Gasteiger partial charge in [-0.3, -0.25) is 9.59 Å². The number of hydrogen-bond acceptors (Lipinski definition) is 6. The summed E-state index contributed by atoms with van der Waals surface area (Å²) in [7, 11) is 0. The molecule has 1 aliphatic heterocycles. The fraction of sp³-hybridized carbons (Fsp3) is 0.231. The van der Waals surface area contributed by atoms with Gasteiger partial charge >= 0.3 is 0 Å². The molecular formula is C13H12N4O2S2. The summed E-state index contributed by atoms with van der Waals surface area (Å²) in [6, 6.07) is 5.47. The number of nitrogens with zero attached hydrogens (tertiary/aromatic N) is 2. The molecule has 8 heteroatoms. The first-order valence-corrected chi connectivity index (χ1v) is 8.12. The summed E-state index contributed by atoms with van der Waals surface area (Å²) < 4.78 is 3.81. The van der Waals surface area contributed by atoms with Crippen molar-refractivity contribution in [3.63, 3.8) is 0 Å². The zero-order valence-electron chi connectivity index (χ0n) is 11.2. The van der Waals surface area contributed by atoms with E-state index in [-0.39, 0.29) is 11.8 Å². The summed E-state index contributed by atoms with van der Waals surface area (Å²) in [5, 5.41) is 9.54. The van der Waals surface area contributed by atoms with E-state index < -0.39 is 0 Å². The SMILES string of the molecule is CCc1nnsc1C(=O)Nc1ccc2c(c1)NC(=O)CS2. The second-order valence-corrected chi connectivity index (χ2v) is 6.18. The van der Waals surface area contributed by atoms with Gasteiger partial charge in [0, 0.05) is 10.6 Å². The van der Waals surface area contributed by atoms with Crippen LogP contribution in [0.5, 0.6) is 0 Å². The number of carbonyl (C=O) groups is 2. The van der Waals surface area contributed by atoms with E-state index in [1.165, 1.54) is 11.8 Å². The van der Waals surface area contributed by atoms with Gasteiger partial charge in [-0.1, -0.05) is 11.4 Å². The van der Waals surface area contributed by atoms with E-state index in [1.807, 2.05) is 19.1 Å². The van der Waals surface area contributed by atoms with Gasteiger partial charge in [-0.05, 0) is 36.2 Å². The lowest BCUT2D eigenvalue weighted by atomic mass is 10.2. The number of anilines is 2. The van der Waals surface area contributed by atoms with Crippen molar-refractivity contribution in [1.82, 2.24) is 9.59 Å². The summed E-state index contributed by atoms with van der Waals surface area (Å²) in [6.07, 6.45) is 0.663. The predicted octanol–water partition coefficient (Wildman–Crippen LogP) is 2.40. The molecule has 2 N–H and O–H groups in total. The molecule has 0 aliphatic carbocycles. The predicted molar refractivity (Wildman–Crippen MR) is 83.0 cm³/mol. The van der Waals surface area contributed by atoms with Crippen molar-refractivity contribution >= 4 is 46.5 Å². The molecule has 0 atom stereocenters. The van der Waals surface area contributed by atoms with Gasteiger partial charge in [0.2, 0.25) is 5.91 Å². The Labute approximate surface area is 129 Å². The Kier molecular flexibility index (Phi) is 3.89. The van der Waals surface area contributed by atoms with Crippen LogP contribution in [0.4, 0.5) is 11.4 Å². The molecule has 21 heavy (non-hydrogen) atoms. The molecule has 0 bridgehead atoms. The van der Waals surface area contributed by atoms with Gasteiger partial charge in [0.25, 0.3) is 5.91 Å². The third-order valence-electron chi connectivity index (χ3n) is 2.97. The van der Waals surface area contributed by atoms with E-state index in [0.717, 1.165) is 22.1 Å². The fourth-order valence-electron chi connectivity index (χ4n) is 1.96. The Morgan fingerprint density at radius 3 is 3.14 bits per heavy atom. The van der Waals surface area contributed by atoms with Crippen molar-refractivity contribution in [2.24, 2.45) is 0 Å². The summed E-state index contributed by atoms with van der Waals surface area (Å²) in [5.41, 5.74) is 2.06. The van der Waals surface area contributed by atoms with Crippen LogP contribution in [0.25, 0.3) is 0 Å². The Bertz CT molecular complexity index is 714. The molecule has 2 heterocycles. The van der Waals surface area contributed by atoms with Crippen molar-refractivity contribution in [1.29, 1.82) is 0 Å². The molecule has 2 amide bonds. The van der Waals surface area contributed by atoms with Gasteiger partial charge < -0.3 is 10.6 Å². The standard InChI is InChI=1S/C13H12N4O2S2/c1-2-8-12(21-17-16-8)13(19)14-7-3-4-10-9(5-7)15-11(18)6-20-10/h3-5H,2,6H2,1H3,(H,14,19)(H,15,18). The molecule has 2 aromatic rings. The Morgan fingerprint density at radius 1 is 1.48 bits per heavy atom. The zero-order chi connectivity index (χ0) is 14.8. The highest BCUT2D eigenvalue weighted by Gasteiger charge is 2.18. The average molecular weight is 320 g/mol. The van der Waals surface area contributed by atoms with E-state index in [4.69, 9.17) is 0 Å². The monoisotopic (exact) mass is 320 g/mol. The normalized spacial score (nSPS) is 13.5. The lowest BCUT2D eigenvalue weighted by Crippen LogP contribution is -2.19. The van der Waals surface area contributed by atoms with Crippen LogP contribution in [0.2, 0.25) is 0 Å². The van der Waals surface area contributed by atoms with Crippen LogP contribution < -0.4 is 10.6 Å². The molecule has 0 spiro atoms. The number of amides is 2. The Morgan fingerprint density at radius 2 is 2.33 bits per heavy atom. The van der Waals surface area contributed by atoms with Crippen LogP contribution in [0.3, 0.4) is 0 Å². The molecule has 108 valence electrons. The minimum absolute atomic E-state index is 0.0316. The van der Waals surface area contributed by atoms with Crippen LogP contribution in [0, 0.1) is 0 Å². The first-order valence-electron chi connectivity index (χ1n) is 6.36. The highest BCUT2D eigenvalue weighted by Crippen LogP contribution is 2.33. The number of nitrogens with one attached hydrogen (secondary N) is 2. The van der Waals surface area contributed by atoms with Crippen molar-refractivity contribution < 1.29 is 9.59 Å². The molecular weight excluding hydrogens is 308 g/mol. The maximum absolute atomic E-state index is 12.2. The molecule has 0 unspecified atom stereocenters. The van der Waals surface area contributed by atoms with Crippen LogP contribution in [0.15, 0.2) is 23.1 Å². The molecule has 0 saturated carbocycles. The summed E-state index contributed by atoms with van der Waals surface area (Å²) in [6.45, 7) is 1.93. The molecule has 0 radical (unpaired) electrons. The molecule has 1 aromatic carbocycles.